The molecule has 2 atom stereocenters. The van der Waals surface area contributed by atoms with E-state index in [9.17, 15) is 8.42 Å². The van der Waals surface area contributed by atoms with Gasteiger partial charge in [-0.3, -0.25) is 4.55 Å². The second-order valence-electron chi connectivity index (χ2n) is 7.13. The van der Waals surface area contributed by atoms with Crippen molar-refractivity contribution in [3.05, 3.63) is 12.2 Å². The van der Waals surface area contributed by atoms with Crippen molar-refractivity contribution in [2.45, 2.75) is 83.5 Å². The Labute approximate surface area is 159 Å². The Bertz CT molecular complexity index is 490. The summed E-state index contributed by atoms with van der Waals surface area (Å²) in [6, 6.07) is 0. The normalized spacial score (nSPS) is 23.9. The molecule has 0 radical (unpaired) electrons. The summed E-state index contributed by atoms with van der Waals surface area (Å²) in [6.45, 7) is 5.27. The van der Waals surface area contributed by atoms with Crippen LogP contribution in [-0.4, -0.2) is 50.4 Å². The lowest BCUT2D eigenvalue weighted by Gasteiger charge is -2.21. The van der Waals surface area contributed by atoms with Gasteiger partial charge in [0.15, 0.2) is 5.79 Å². The maximum absolute atomic E-state index is 10.6. The van der Waals surface area contributed by atoms with Crippen LogP contribution in [0.2, 0.25) is 0 Å². The van der Waals surface area contributed by atoms with Gasteiger partial charge in [-0.05, 0) is 26.2 Å². The number of hydrogen-bond acceptors (Lipinski definition) is 5. The summed E-state index contributed by atoms with van der Waals surface area (Å²) >= 11 is 0. The summed E-state index contributed by atoms with van der Waals surface area (Å²) in [4.78, 5) is 0. The molecule has 1 fully saturated rings. The van der Waals surface area contributed by atoms with Gasteiger partial charge in [-0.2, -0.15) is 8.42 Å². The first-order valence-electron chi connectivity index (χ1n) is 9.84. The Kier molecular flexibility index (Phi) is 11.6. The van der Waals surface area contributed by atoms with Crippen molar-refractivity contribution in [1.82, 2.24) is 0 Å². The first kappa shape index (κ1) is 23.6. The van der Waals surface area contributed by atoms with Crippen LogP contribution in [0, 0.1) is 0 Å². The lowest BCUT2D eigenvalue weighted by atomic mass is 10.1. The summed E-state index contributed by atoms with van der Waals surface area (Å²) in [6.07, 6.45) is 14.1. The van der Waals surface area contributed by atoms with Gasteiger partial charge in [0.1, 0.15) is 6.10 Å². The van der Waals surface area contributed by atoms with Gasteiger partial charge in [0.25, 0.3) is 10.1 Å². The van der Waals surface area contributed by atoms with Crippen LogP contribution >= 0.6 is 0 Å². The van der Waals surface area contributed by atoms with Crippen molar-refractivity contribution in [1.29, 1.82) is 0 Å². The quantitative estimate of drug-likeness (QED) is 0.257. The van der Waals surface area contributed by atoms with Gasteiger partial charge in [0.05, 0.1) is 19.0 Å². The minimum absolute atomic E-state index is 0.141. The van der Waals surface area contributed by atoms with Gasteiger partial charge in [-0.15, -0.1) is 0 Å². The Balaban J connectivity index is 2.07. The summed E-state index contributed by atoms with van der Waals surface area (Å²) in [5, 5.41) is 0. The van der Waals surface area contributed by atoms with Crippen LogP contribution in [0.4, 0.5) is 0 Å². The van der Waals surface area contributed by atoms with E-state index < -0.39 is 15.9 Å². The highest BCUT2D eigenvalue weighted by molar-refractivity contribution is 7.85. The predicted octanol–water partition coefficient (Wildman–Crippen LogP) is 4.11. The van der Waals surface area contributed by atoms with Gasteiger partial charge < -0.3 is 14.2 Å². The van der Waals surface area contributed by atoms with E-state index in [2.05, 4.69) is 19.1 Å². The highest BCUT2D eigenvalue weighted by Gasteiger charge is 2.36. The van der Waals surface area contributed by atoms with Gasteiger partial charge in [-0.25, -0.2) is 0 Å². The second kappa shape index (κ2) is 12.8. The molecule has 7 heteroatoms. The standard InChI is InChI=1S/C19H36O6S/c1-3-4-5-6-7-8-9-10-11-13-19(2)24-17-18(25-19)16-23-14-12-15-26(20,21)22/h10-11,18H,3-9,12-17H2,1-2H3,(H,20,21,22)/b11-10+. The Hall–Kier alpha value is -0.470. The first-order chi connectivity index (χ1) is 12.3. The van der Waals surface area contributed by atoms with Gasteiger partial charge >= 0.3 is 0 Å². The molecule has 1 N–H and O–H groups in total. The third kappa shape index (κ3) is 12.0. The highest BCUT2D eigenvalue weighted by Crippen LogP contribution is 2.27. The zero-order valence-electron chi connectivity index (χ0n) is 16.3. The molecule has 1 saturated heterocycles. The summed E-state index contributed by atoms with van der Waals surface area (Å²) in [5.74, 6) is -0.893. The van der Waals surface area contributed by atoms with Crippen LogP contribution in [0.1, 0.15) is 71.6 Å². The highest BCUT2D eigenvalue weighted by atomic mass is 32.2. The minimum Gasteiger partial charge on any atom is -0.379 e. The average Bonchev–Trinajstić information content (AvgIpc) is 2.93. The molecule has 0 saturated carbocycles. The van der Waals surface area contributed by atoms with Crippen LogP contribution in [0.3, 0.4) is 0 Å². The molecular weight excluding hydrogens is 356 g/mol. The van der Waals surface area contributed by atoms with Gasteiger partial charge in [-0.1, -0.05) is 51.2 Å². The number of unbranched alkanes of at least 4 members (excludes halogenated alkanes) is 6. The summed E-state index contributed by atoms with van der Waals surface area (Å²) in [7, 11) is -3.91. The fourth-order valence-corrected chi connectivity index (χ4v) is 3.38. The fourth-order valence-electron chi connectivity index (χ4n) is 2.89. The van der Waals surface area contributed by atoms with E-state index in [1.54, 1.807) is 0 Å². The molecule has 0 aromatic heterocycles. The monoisotopic (exact) mass is 392 g/mol. The largest absolute Gasteiger partial charge is 0.379 e. The zero-order valence-corrected chi connectivity index (χ0v) is 17.1. The van der Waals surface area contributed by atoms with Gasteiger partial charge in [0.2, 0.25) is 0 Å². The molecule has 0 aromatic carbocycles. The molecule has 1 aliphatic heterocycles. The fraction of sp³-hybridized carbons (Fsp3) is 0.895. The Morgan fingerprint density at radius 3 is 2.62 bits per heavy atom. The smallest absolute Gasteiger partial charge is 0.264 e. The number of ether oxygens (including phenoxy) is 3. The molecule has 0 aliphatic carbocycles. The minimum atomic E-state index is -3.91. The maximum Gasteiger partial charge on any atom is 0.264 e. The zero-order chi connectivity index (χ0) is 19.3. The van der Waals surface area contributed by atoms with Gasteiger partial charge in [0, 0.05) is 13.0 Å². The molecular formula is C19H36O6S. The van der Waals surface area contributed by atoms with E-state index >= 15 is 0 Å². The second-order valence-corrected chi connectivity index (χ2v) is 8.70. The third-order valence-electron chi connectivity index (χ3n) is 4.36. The number of allylic oxidation sites excluding steroid dienone is 1. The van der Waals surface area contributed by atoms with Crippen molar-refractivity contribution in [3.63, 3.8) is 0 Å². The van der Waals surface area contributed by atoms with Crippen molar-refractivity contribution < 1.29 is 27.2 Å². The molecule has 0 amide bonds. The van der Waals surface area contributed by atoms with Crippen LogP contribution in [0.15, 0.2) is 12.2 Å². The topological polar surface area (TPSA) is 82.1 Å². The van der Waals surface area contributed by atoms with Crippen molar-refractivity contribution in [2.24, 2.45) is 0 Å². The molecule has 6 nitrogen and oxygen atoms in total. The van der Waals surface area contributed by atoms with E-state index in [4.69, 9.17) is 18.8 Å². The summed E-state index contributed by atoms with van der Waals surface area (Å²) < 4.78 is 46.9. The van der Waals surface area contributed by atoms with E-state index in [1.165, 1.54) is 38.5 Å². The SMILES string of the molecule is CCCCCCCC/C=C/CC1(C)OCC(COCCCS(=O)(=O)O)O1. The van der Waals surface area contributed by atoms with Crippen LogP contribution in [-0.2, 0) is 24.3 Å². The van der Waals surface area contributed by atoms with E-state index in [-0.39, 0.29) is 24.9 Å². The molecule has 0 aromatic rings. The number of rotatable bonds is 15. The Morgan fingerprint density at radius 1 is 1.15 bits per heavy atom. The maximum atomic E-state index is 10.6. The van der Waals surface area contributed by atoms with E-state index in [0.29, 0.717) is 19.6 Å². The van der Waals surface area contributed by atoms with Crippen molar-refractivity contribution in [3.8, 4) is 0 Å². The van der Waals surface area contributed by atoms with E-state index in [0.717, 1.165) is 6.42 Å². The lowest BCUT2D eigenvalue weighted by molar-refractivity contribution is -0.156. The van der Waals surface area contributed by atoms with Crippen LogP contribution < -0.4 is 0 Å². The van der Waals surface area contributed by atoms with Crippen molar-refractivity contribution in [2.75, 3.05) is 25.6 Å². The van der Waals surface area contributed by atoms with E-state index in [1.807, 2.05) is 6.92 Å². The molecule has 26 heavy (non-hydrogen) atoms. The molecule has 0 spiro atoms. The molecule has 2 unspecified atom stereocenters. The molecule has 0 bridgehead atoms. The van der Waals surface area contributed by atoms with Crippen LogP contribution in [0.25, 0.3) is 0 Å². The Morgan fingerprint density at radius 2 is 1.88 bits per heavy atom. The molecule has 1 rings (SSSR count). The molecule has 154 valence electrons. The number of hydrogen-bond donors (Lipinski definition) is 1. The predicted molar refractivity (Wildman–Crippen MR) is 103 cm³/mol. The molecule has 1 heterocycles. The van der Waals surface area contributed by atoms with Crippen LogP contribution in [0.5, 0.6) is 0 Å². The third-order valence-corrected chi connectivity index (χ3v) is 5.17. The summed E-state index contributed by atoms with van der Waals surface area (Å²) in [5.41, 5.74) is 0. The molecule has 1 aliphatic rings. The van der Waals surface area contributed by atoms with Crippen molar-refractivity contribution >= 4 is 10.1 Å². The lowest BCUT2D eigenvalue weighted by Crippen LogP contribution is -2.27. The first-order valence-corrected chi connectivity index (χ1v) is 11.5. The average molecular weight is 393 g/mol.